The van der Waals surface area contributed by atoms with Crippen LogP contribution in [0, 0.1) is 5.82 Å². The zero-order valence-corrected chi connectivity index (χ0v) is 11.7. The van der Waals surface area contributed by atoms with Gasteiger partial charge in [0.25, 0.3) is 0 Å². The second kappa shape index (κ2) is 8.34. The molecule has 2 amide bonds. The summed E-state index contributed by atoms with van der Waals surface area (Å²) in [6.07, 6.45) is -0.272. The molecule has 112 valence electrons. The van der Waals surface area contributed by atoms with E-state index in [-0.39, 0.29) is 30.3 Å². The van der Waals surface area contributed by atoms with Crippen LogP contribution in [0.1, 0.15) is 13.3 Å². The Labute approximate surface area is 122 Å². The van der Waals surface area contributed by atoms with Crippen LogP contribution in [0.2, 0.25) is 0 Å². The molecule has 0 bridgehead atoms. The molecule has 0 fully saturated rings. The molecule has 1 rings (SSSR count). The number of halogens is 2. The molecular weight excluding hydrogens is 289 g/mol. The SMILES string of the molecule is CCOc1ccc(NC(=O)C(N)CC(N)=O)cc1F.Cl. The Kier molecular flexibility index (Phi) is 7.56. The lowest BCUT2D eigenvalue weighted by molar-refractivity contribution is -0.123. The second-order valence-electron chi connectivity index (χ2n) is 3.84. The molecule has 20 heavy (non-hydrogen) atoms. The number of carbonyl (C=O) groups is 2. The number of carbonyl (C=O) groups excluding carboxylic acids is 2. The highest BCUT2D eigenvalue weighted by Gasteiger charge is 2.16. The van der Waals surface area contributed by atoms with Gasteiger partial charge < -0.3 is 21.5 Å². The molecule has 8 heteroatoms. The van der Waals surface area contributed by atoms with Crippen LogP contribution in [0.3, 0.4) is 0 Å². The summed E-state index contributed by atoms with van der Waals surface area (Å²) in [6, 6.07) is 2.92. The summed E-state index contributed by atoms with van der Waals surface area (Å²) in [7, 11) is 0. The summed E-state index contributed by atoms with van der Waals surface area (Å²) in [5, 5.41) is 2.39. The van der Waals surface area contributed by atoms with E-state index in [0.717, 1.165) is 6.07 Å². The van der Waals surface area contributed by atoms with Crippen molar-refractivity contribution in [2.24, 2.45) is 11.5 Å². The maximum absolute atomic E-state index is 13.5. The number of hydrogen-bond donors (Lipinski definition) is 3. The number of nitrogens with one attached hydrogen (secondary N) is 1. The standard InChI is InChI=1S/C12H16FN3O3.ClH/c1-2-19-10-4-3-7(5-8(10)13)16-12(18)9(14)6-11(15)17;/h3-5,9H,2,6,14H2,1H3,(H2,15,17)(H,16,18);1H. The Bertz CT molecular complexity index is 485. The molecule has 0 spiro atoms. The highest BCUT2D eigenvalue weighted by atomic mass is 35.5. The Balaban J connectivity index is 0.00000361. The van der Waals surface area contributed by atoms with Crippen LogP contribution in [0.4, 0.5) is 10.1 Å². The van der Waals surface area contributed by atoms with E-state index in [0.29, 0.717) is 6.61 Å². The van der Waals surface area contributed by atoms with Crippen LogP contribution in [0.15, 0.2) is 18.2 Å². The fourth-order valence-electron chi connectivity index (χ4n) is 1.40. The maximum atomic E-state index is 13.5. The van der Waals surface area contributed by atoms with E-state index in [1.54, 1.807) is 6.92 Å². The lowest BCUT2D eigenvalue weighted by Gasteiger charge is -2.11. The van der Waals surface area contributed by atoms with E-state index >= 15 is 0 Å². The average molecular weight is 306 g/mol. The van der Waals surface area contributed by atoms with E-state index in [4.69, 9.17) is 16.2 Å². The zero-order chi connectivity index (χ0) is 14.4. The number of amides is 2. The molecule has 6 nitrogen and oxygen atoms in total. The van der Waals surface area contributed by atoms with Crippen molar-refractivity contribution in [3.63, 3.8) is 0 Å². The minimum absolute atomic E-state index is 0. The smallest absolute Gasteiger partial charge is 0.241 e. The normalized spacial score (nSPS) is 11.2. The molecule has 0 aromatic heterocycles. The first kappa shape index (κ1) is 18.1. The van der Waals surface area contributed by atoms with Gasteiger partial charge in [-0.15, -0.1) is 12.4 Å². The maximum Gasteiger partial charge on any atom is 0.241 e. The fourth-order valence-corrected chi connectivity index (χ4v) is 1.40. The molecule has 1 unspecified atom stereocenters. The van der Waals surface area contributed by atoms with Crippen LogP contribution in [0.25, 0.3) is 0 Å². The summed E-state index contributed by atoms with van der Waals surface area (Å²) in [6.45, 7) is 2.07. The molecule has 0 aliphatic heterocycles. The number of benzene rings is 1. The van der Waals surface area contributed by atoms with Gasteiger partial charge in [-0.25, -0.2) is 4.39 Å². The van der Waals surface area contributed by atoms with Gasteiger partial charge in [0.05, 0.1) is 19.1 Å². The van der Waals surface area contributed by atoms with E-state index < -0.39 is 23.7 Å². The van der Waals surface area contributed by atoms with Crippen molar-refractivity contribution < 1.29 is 18.7 Å². The van der Waals surface area contributed by atoms with Crippen molar-refractivity contribution in [1.82, 2.24) is 0 Å². The van der Waals surface area contributed by atoms with Crippen molar-refractivity contribution in [2.75, 3.05) is 11.9 Å². The van der Waals surface area contributed by atoms with Gasteiger partial charge in [-0.1, -0.05) is 0 Å². The fraction of sp³-hybridized carbons (Fsp3) is 0.333. The van der Waals surface area contributed by atoms with Crippen LogP contribution in [-0.4, -0.2) is 24.5 Å². The Morgan fingerprint density at radius 1 is 1.45 bits per heavy atom. The van der Waals surface area contributed by atoms with Crippen molar-refractivity contribution in [1.29, 1.82) is 0 Å². The third-order valence-corrected chi connectivity index (χ3v) is 2.26. The minimum Gasteiger partial charge on any atom is -0.491 e. The topological polar surface area (TPSA) is 107 Å². The molecular formula is C12H17ClFN3O3. The monoisotopic (exact) mass is 305 g/mol. The number of ether oxygens (including phenoxy) is 1. The van der Waals surface area contributed by atoms with Gasteiger partial charge in [-0.05, 0) is 19.1 Å². The minimum atomic E-state index is -1.06. The Morgan fingerprint density at radius 2 is 2.10 bits per heavy atom. The third kappa shape index (κ3) is 5.41. The molecule has 0 saturated carbocycles. The van der Waals surface area contributed by atoms with E-state index in [1.807, 2.05) is 0 Å². The summed E-state index contributed by atoms with van der Waals surface area (Å²) in [5.41, 5.74) is 10.6. The molecule has 1 aromatic rings. The van der Waals surface area contributed by atoms with Crippen LogP contribution in [0.5, 0.6) is 5.75 Å². The Morgan fingerprint density at radius 3 is 2.60 bits per heavy atom. The van der Waals surface area contributed by atoms with Crippen LogP contribution in [-0.2, 0) is 9.59 Å². The molecule has 5 N–H and O–H groups in total. The number of anilines is 1. The predicted octanol–water partition coefficient (Wildman–Crippen LogP) is 0.787. The molecule has 1 atom stereocenters. The van der Waals surface area contributed by atoms with Gasteiger partial charge in [0.15, 0.2) is 11.6 Å². The van der Waals surface area contributed by atoms with Gasteiger partial charge in [0, 0.05) is 11.8 Å². The van der Waals surface area contributed by atoms with Gasteiger partial charge in [-0.2, -0.15) is 0 Å². The summed E-state index contributed by atoms with van der Waals surface area (Å²) in [4.78, 5) is 22.2. The van der Waals surface area contributed by atoms with Crippen molar-refractivity contribution in [2.45, 2.75) is 19.4 Å². The van der Waals surface area contributed by atoms with Crippen LogP contribution < -0.4 is 21.5 Å². The van der Waals surface area contributed by atoms with Crippen molar-refractivity contribution in [3.05, 3.63) is 24.0 Å². The average Bonchev–Trinajstić information content (AvgIpc) is 2.32. The number of nitrogens with two attached hydrogens (primary N) is 2. The quantitative estimate of drug-likeness (QED) is 0.722. The second-order valence-corrected chi connectivity index (χ2v) is 3.84. The van der Waals surface area contributed by atoms with E-state index in [9.17, 15) is 14.0 Å². The largest absolute Gasteiger partial charge is 0.491 e. The molecule has 0 radical (unpaired) electrons. The number of rotatable bonds is 6. The molecule has 0 aliphatic rings. The lowest BCUT2D eigenvalue weighted by atomic mass is 10.2. The summed E-state index contributed by atoms with van der Waals surface area (Å²) >= 11 is 0. The lowest BCUT2D eigenvalue weighted by Crippen LogP contribution is -2.39. The number of hydrogen-bond acceptors (Lipinski definition) is 4. The highest BCUT2D eigenvalue weighted by molar-refractivity contribution is 5.97. The Hall–Kier alpha value is -1.86. The zero-order valence-electron chi connectivity index (χ0n) is 10.9. The third-order valence-electron chi connectivity index (χ3n) is 2.26. The van der Waals surface area contributed by atoms with Gasteiger partial charge >= 0.3 is 0 Å². The van der Waals surface area contributed by atoms with E-state index in [2.05, 4.69) is 5.32 Å². The number of primary amides is 1. The van der Waals surface area contributed by atoms with Crippen molar-refractivity contribution in [3.8, 4) is 5.75 Å². The summed E-state index contributed by atoms with van der Waals surface area (Å²) < 4.78 is 18.5. The van der Waals surface area contributed by atoms with Crippen molar-refractivity contribution >= 4 is 29.9 Å². The molecule has 0 heterocycles. The van der Waals surface area contributed by atoms with Gasteiger partial charge in [0.1, 0.15) is 0 Å². The van der Waals surface area contributed by atoms with Crippen LogP contribution >= 0.6 is 12.4 Å². The highest BCUT2D eigenvalue weighted by Crippen LogP contribution is 2.21. The van der Waals surface area contributed by atoms with E-state index in [1.165, 1.54) is 12.1 Å². The predicted molar refractivity (Wildman–Crippen MR) is 75.2 cm³/mol. The summed E-state index contributed by atoms with van der Waals surface area (Å²) in [5.74, 6) is -1.78. The first-order chi connectivity index (χ1) is 8.93. The molecule has 0 aliphatic carbocycles. The molecule has 1 aromatic carbocycles. The molecule has 0 saturated heterocycles. The van der Waals surface area contributed by atoms with Gasteiger partial charge in [-0.3, -0.25) is 9.59 Å². The first-order valence-electron chi connectivity index (χ1n) is 5.71. The van der Waals surface area contributed by atoms with Gasteiger partial charge in [0.2, 0.25) is 11.8 Å². The first-order valence-corrected chi connectivity index (χ1v) is 5.71.